The van der Waals surface area contributed by atoms with Crippen molar-refractivity contribution in [3.63, 3.8) is 0 Å². The molecule has 0 saturated carbocycles. The van der Waals surface area contributed by atoms with E-state index in [0.29, 0.717) is 40.0 Å². The van der Waals surface area contributed by atoms with Gasteiger partial charge in [-0.3, -0.25) is 9.69 Å². The van der Waals surface area contributed by atoms with Crippen molar-refractivity contribution < 1.29 is 14.3 Å². The number of hydrogen-bond donors (Lipinski definition) is 0. The Bertz CT molecular complexity index is 1660. The number of aliphatic imine (C=N–C) groups is 1. The summed E-state index contributed by atoms with van der Waals surface area (Å²) in [5.41, 5.74) is 4.47. The highest BCUT2D eigenvalue weighted by Crippen LogP contribution is 2.36. The van der Waals surface area contributed by atoms with Gasteiger partial charge in [-0.15, -0.1) is 0 Å². The number of amides is 1. The van der Waals surface area contributed by atoms with Crippen LogP contribution in [-0.2, 0) is 16.1 Å². The molecule has 2 heterocycles. The number of carbonyl (C=O) groups is 2. The van der Waals surface area contributed by atoms with E-state index in [2.05, 4.69) is 15.6 Å². The molecule has 0 spiro atoms. The summed E-state index contributed by atoms with van der Waals surface area (Å²) >= 11 is 1.31. The largest absolute Gasteiger partial charge is 0.465 e. The van der Waals surface area contributed by atoms with Crippen LogP contribution >= 0.6 is 11.8 Å². The Morgan fingerprint density at radius 3 is 2.68 bits per heavy atom. The summed E-state index contributed by atoms with van der Waals surface area (Å²) in [5.74, 6) is -0.559. The number of hydrogen-bond acceptors (Lipinski definition) is 6. The number of thioether (sulfide) groups is 1. The summed E-state index contributed by atoms with van der Waals surface area (Å²) < 4.78 is 6.91. The van der Waals surface area contributed by atoms with Gasteiger partial charge in [0.15, 0.2) is 5.17 Å². The number of para-hydroxylation sites is 1. The van der Waals surface area contributed by atoms with E-state index in [1.165, 1.54) is 18.9 Å². The standard InChI is InChI=1S/C30H24N4O3S/c1-3-34-28(35)27(38-30(34)32-24-12-8-11-20(15-24)29(36)37-2)16-23-19-33(26-14-7-6-13-25(23)26)18-22-10-5-4-9-21(22)17-31/h4-16,19H,3,18H2,1-2H3. The second-order valence-electron chi connectivity index (χ2n) is 8.59. The monoisotopic (exact) mass is 520 g/mol. The number of carbonyl (C=O) groups excluding carboxylic acids is 2. The molecule has 0 bridgehead atoms. The number of methoxy groups -OCH3 is 1. The van der Waals surface area contributed by atoms with E-state index in [4.69, 9.17) is 4.74 Å². The number of nitriles is 1. The highest BCUT2D eigenvalue weighted by molar-refractivity contribution is 8.18. The molecule has 1 amide bonds. The molecule has 0 unspecified atom stereocenters. The Balaban J connectivity index is 1.51. The number of esters is 1. The first kappa shape index (κ1) is 25.1. The molecule has 1 aliphatic rings. The SMILES string of the molecule is CCN1C(=O)C(=Cc2cn(Cc3ccccc3C#N)c3ccccc23)SC1=Nc1cccc(C(=O)OC)c1. The van der Waals surface area contributed by atoms with Gasteiger partial charge in [-0.1, -0.05) is 42.5 Å². The number of rotatable bonds is 6. The molecule has 0 atom stereocenters. The maximum absolute atomic E-state index is 13.3. The number of amidine groups is 1. The Labute approximate surface area is 224 Å². The van der Waals surface area contributed by atoms with Crippen LogP contribution in [-0.4, -0.2) is 40.2 Å². The Morgan fingerprint density at radius 2 is 1.89 bits per heavy atom. The number of ether oxygens (including phenoxy) is 1. The van der Waals surface area contributed by atoms with Crippen LogP contribution in [0, 0.1) is 11.3 Å². The molecule has 38 heavy (non-hydrogen) atoms. The van der Waals surface area contributed by atoms with Crippen LogP contribution in [0.2, 0.25) is 0 Å². The lowest BCUT2D eigenvalue weighted by Gasteiger charge is -2.12. The third kappa shape index (κ3) is 4.84. The molecule has 0 aliphatic carbocycles. The number of aromatic nitrogens is 1. The van der Waals surface area contributed by atoms with Crippen LogP contribution in [0.4, 0.5) is 5.69 Å². The molecule has 7 nitrogen and oxygen atoms in total. The smallest absolute Gasteiger partial charge is 0.337 e. The van der Waals surface area contributed by atoms with Gasteiger partial charge in [0, 0.05) is 35.8 Å². The molecule has 188 valence electrons. The lowest BCUT2D eigenvalue weighted by molar-refractivity contribution is -0.122. The van der Waals surface area contributed by atoms with Gasteiger partial charge in [-0.2, -0.15) is 5.26 Å². The van der Waals surface area contributed by atoms with Gasteiger partial charge in [-0.25, -0.2) is 9.79 Å². The molecule has 1 saturated heterocycles. The van der Waals surface area contributed by atoms with Crippen molar-refractivity contribution in [1.82, 2.24) is 9.47 Å². The molecular weight excluding hydrogens is 496 g/mol. The highest BCUT2D eigenvalue weighted by Gasteiger charge is 2.32. The second-order valence-corrected chi connectivity index (χ2v) is 9.60. The van der Waals surface area contributed by atoms with Crippen molar-refractivity contribution in [2.45, 2.75) is 13.5 Å². The third-order valence-electron chi connectivity index (χ3n) is 6.28. The summed E-state index contributed by atoms with van der Waals surface area (Å²) in [7, 11) is 1.33. The zero-order valence-electron chi connectivity index (χ0n) is 20.9. The first-order chi connectivity index (χ1) is 18.5. The average molecular weight is 521 g/mol. The van der Waals surface area contributed by atoms with Crippen LogP contribution in [0.25, 0.3) is 17.0 Å². The number of fused-ring (bicyclic) bond motifs is 1. The summed E-state index contributed by atoms with van der Waals surface area (Å²) in [6.45, 7) is 2.91. The Hall–Kier alpha value is -4.61. The van der Waals surface area contributed by atoms with Gasteiger partial charge in [0.25, 0.3) is 5.91 Å². The zero-order chi connectivity index (χ0) is 26.6. The van der Waals surface area contributed by atoms with Crippen molar-refractivity contribution in [2.24, 2.45) is 4.99 Å². The van der Waals surface area contributed by atoms with Crippen molar-refractivity contribution in [3.05, 3.63) is 106 Å². The van der Waals surface area contributed by atoms with Crippen LogP contribution in [0.1, 0.15) is 34.0 Å². The molecule has 1 fully saturated rings. The summed E-state index contributed by atoms with van der Waals surface area (Å²) in [4.78, 5) is 32.1. The lowest BCUT2D eigenvalue weighted by Crippen LogP contribution is -2.28. The van der Waals surface area contributed by atoms with Crippen molar-refractivity contribution in [1.29, 1.82) is 5.26 Å². The van der Waals surface area contributed by atoms with Gasteiger partial charge >= 0.3 is 5.97 Å². The molecule has 1 aromatic heterocycles. The van der Waals surface area contributed by atoms with Crippen molar-refractivity contribution in [2.75, 3.05) is 13.7 Å². The first-order valence-corrected chi connectivity index (χ1v) is 12.9. The summed E-state index contributed by atoms with van der Waals surface area (Å²) in [6, 6.07) is 24.7. The molecule has 8 heteroatoms. The van der Waals surface area contributed by atoms with Gasteiger partial charge in [0.05, 0.1) is 34.9 Å². The number of nitrogens with zero attached hydrogens (tertiary/aromatic N) is 4. The fourth-order valence-electron chi connectivity index (χ4n) is 4.41. The van der Waals surface area contributed by atoms with E-state index in [9.17, 15) is 14.9 Å². The average Bonchev–Trinajstić information content (AvgIpc) is 3.44. The Morgan fingerprint density at radius 1 is 1.11 bits per heavy atom. The van der Waals surface area contributed by atoms with Crippen LogP contribution < -0.4 is 0 Å². The van der Waals surface area contributed by atoms with Gasteiger partial charge in [-0.05, 0) is 60.7 Å². The summed E-state index contributed by atoms with van der Waals surface area (Å²) in [6.07, 6.45) is 3.92. The first-order valence-electron chi connectivity index (χ1n) is 12.1. The van der Waals surface area contributed by atoms with E-state index >= 15 is 0 Å². The van der Waals surface area contributed by atoms with E-state index < -0.39 is 5.97 Å². The molecule has 4 aromatic rings. The topological polar surface area (TPSA) is 87.7 Å². The minimum Gasteiger partial charge on any atom is -0.465 e. The minimum absolute atomic E-state index is 0.118. The predicted octanol–water partition coefficient (Wildman–Crippen LogP) is 5.97. The Kier molecular flexibility index (Phi) is 7.11. The molecule has 3 aromatic carbocycles. The molecule has 1 aliphatic heterocycles. The number of likely N-dealkylation sites (N-methyl/N-ethyl adjacent to an activating group) is 1. The van der Waals surface area contributed by atoms with Gasteiger partial charge in [0.1, 0.15) is 0 Å². The van der Waals surface area contributed by atoms with E-state index in [-0.39, 0.29) is 5.91 Å². The van der Waals surface area contributed by atoms with Crippen LogP contribution in [0.5, 0.6) is 0 Å². The van der Waals surface area contributed by atoms with E-state index in [1.807, 2.05) is 67.7 Å². The van der Waals surface area contributed by atoms with E-state index in [0.717, 1.165) is 22.0 Å². The fraction of sp³-hybridized carbons (Fsp3) is 0.133. The predicted molar refractivity (Wildman–Crippen MR) is 150 cm³/mol. The fourth-order valence-corrected chi connectivity index (χ4v) is 5.47. The maximum atomic E-state index is 13.3. The number of benzene rings is 3. The zero-order valence-corrected chi connectivity index (χ0v) is 21.7. The highest BCUT2D eigenvalue weighted by atomic mass is 32.2. The second kappa shape index (κ2) is 10.8. The lowest BCUT2D eigenvalue weighted by atomic mass is 10.1. The van der Waals surface area contributed by atoms with Crippen LogP contribution in [0.15, 0.2) is 88.9 Å². The minimum atomic E-state index is -0.441. The summed E-state index contributed by atoms with van der Waals surface area (Å²) in [5, 5.41) is 11.1. The van der Waals surface area contributed by atoms with E-state index in [1.54, 1.807) is 29.2 Å². The molecule has 5 rings (SSSR count). The molecule has 0 radical (unpaired) electrons. The normalized spacial score (nSPS) is 15.4. The molecule has 0 N–H and O–H groups in total. The van der Waals surface area contributed by atoms with Gasteiger partial charge in [0.2, 0.25) is 0 Å². The van der Waals surface area contributed by atoms with Crippen molar-refractivity contribution in [3.8, 4) is 6.07 Å². The quantitative estimate of drug-likeness (QED) is 0.231. The van der Waals surface area contributed by atoms with Crippen molar-refractivity contribution >= 4 is 51.5 Å². The van der Waals surface area contributed by atoms with Gasteiger partial charge < -0.3 is 9.30 Å². The van der Waals surface area contributed by atoms with Crippen LogP contribution in [0.3, 0.4) is 0 Å². The maximum Gasteiger partial charge on any atom is 0.337 e. The third-order valence-corrected chi connectivity index (χ3v) is 7.29. The molecular formula is C30H24N4O3S.